The molecule has 4 N–H and O–H groups in total. The van der Waals surface area contributed by atoms with Gasteiger partial charge in [0.15, 0.2) is 6.29 Å². The fourth-order valence-corrected chi connectivity index (χ4v) is 11.0. The lowest BCUT2D eigenvalue weighted by Crippen LogP contribution is -2.50. The van der Waals surface area contributed by atoms with E-state index in [0.717, 1.165) is 27.7 Å². The lowest BCUT2D eigenvalue weighted by Gasteiger charge is -2.30. The molecule has 4 rings (SSSR count). The van der Waals surface area contributed by atoms with Crippen LogP contribution in [0, 0.1) is 0 Å². The molecule has 270 valence electrons. The standard InChI is InChI=1S/C37H43N4O8PS/c1-3-48-34(44)23-39-35(45)30(40-32(42)21-20-29(38)37(47)49-4-2)24-51-31-22-33(43)41(36(31)46)25-50(26-14-8-5-9-15-26,27-16-10-6-11-17-27)28-18-12-7-13-19-28/h5-19,29-31H,3-4,20-25,38H2,1-2H3,(H-,39,40,42,45)/p+1/t29-,30-,31?/m0/s1. The van der Waals surface area contributed by atoms with Gasteiger partial charge in [0.05, 0.1) is 18.5 Å². The van der Waals surface area contributed by atoms with Gasteiger partial charge in [-0.05, 0) is 56.7 Å². The number of rotatable bonds is 18. The van der Waals surface area contributed by atoms with E-state index >= 15 is 0 Å². The Labute approximate surface area is 302 Å². The van der Waals surface area contributed by atoms with Crippen molar-refractivity contribution in [3.8, 4) is 0 Å². The number of benzene rings is 3. The van der Waals surface area contributed by atoms with Crippen molar-refractivity contribution in [3.05, 3.63) is 91.0 Å². The van der Waals surface area contributed by atoms with Gasteiger partial charge in [-0.15, -0.1) is 11.8 Å². The first-order chi connectivity index (χ1) is 24.6. The summed E-state index contributed by atoms with van der Waals surface area (Å²) in [5.74, 6) is -3.31. The lowest BCUT2D eigenvalue weighted by molar-refractivity contribution is -0.145. The molecule has 0 aliphatic carbocycles. The van der Waals surface area contributed by atoms with Crippen molar-refractivity contribution >= 4 is 70.5 Å². The summed E-state index contributed by atoms with van der Waals surface area (Å²) in [6, 6.07) is 27.5. The van der Waals surface area contributed by atoms with Crippen molar-refractivity contribution in [2.45, 2.75) is 50.4 Å². The zero-order valence-corrected chi connectivity index (χ0v) is 30.4. The molecule has 1 heterocycles. The molecule has 1 aliphatic heterocycles. The van der Waals surface area contributed by atoms with Crippen LogP contribution in [0.3, 0.4) is 0 Å². The second-order valence-electron chi connectivity index (χ2n) is 11.7. The van der Waals surface area contributed by atoms with Crippen molar-refractivity contribution < 1.29 is 38.2 Å². The number of ether oxygens (including phenoxy) is 2. The molecule has 51 heavy (non-hydrogen) atoms. The van der Waals surface area contributed by atoms with Gasteiger partial charge in [0.1, 0.15) is 41.8 Å². The van der Waals surface area contributed by atoms with Gasteiger partial charge in [0, 0.05) is 18.6 Å². The molecule has 1 unspecified atom stereocenters. The number of carbonyl (C=O) groups excluding carboxylic acids is 6. The zero-order valence-electron chi connectivity index (χ0n) is 28.7. The fraction of sp³-hybridized carbons (Fsp3) is 0.351. The molecule has 0 spiro atoms. The number of hydrogen-bond donors (Lipinski definition) is 3. The van der Waals surface area contributed by atoms with Crippen LogP contribution in [0.15, 0.2) is 91.0 Å². The van der Waals surface area contributed by atoms with Crippen molar-refractivity contribution in [1.82, 2.24) is 15.5 Å². The Kier molecular flexibility index (Phi) is 14.7. The number of nitrogens with one attached hydrogen (secondary N) is 2. The molecular formula is C37H44N4O8PS+. The first-order valence-electron chi connectivity index (χ1n) is 16.8. The van der Waals surface area contributed by atoms with E-state index in [4.69, 9.17) is 15.2 Å². The van der Waals surface area contributed by atoms with E-state index in [9.17, 15) is 28.8 Å². The summed E-state index contributed by atoms with van der Waals surface area (Å²) in [6.07, 6.45) is -0.123. The van der Waals surface area contributed by atoms with Crippen molar-refractivity contribution in [3.63, 3.8) is 0 Å². The summed E-state index contributed by atoms with van der Waals surface area (Å²) < 4.78 is 9.78. The zero-order chi connectivity index (χ0) is 36.8. The second-order valence-corrected chi connectivity index (χ2v) is 16.4. The highest BCUT2D eigenvalue weighted by atomic mass is 32.2. The van der Waals surface area contributed by atoms with E-state index in [1.807, 2.05) is 91.0 Å². The van der Waals surface area contributed by atoms with Gasteiger partial charge in [-0.1, -0.05) is 54.6 Å². The summed E-state index contributed by atoms with van der Waals surface area (Å²) in [4.78, 5) is 79.0. The minimum atomic E-state index is -2.56. The monoisotopic (exact) mass is 735 g/mol. The molecule has 3 aromatic rings. The van der Waals surface area contributed by atoms with E-state index in [2.05, 4.69) is 10.6 Å². The molecule has 1 fully saturated rings. The largest absolute Gasteiger partial charge is 0.465 e. The average molecular weight is 736 g/mol. The average Bonchev–Trinajstić information content (AvgIpc) is 3.41. The number of imide groups is 1. The molecule has 12 nitrogen and oxygen atoms in total. The Morgan fingerprint density at radius 3 is 1.90 bits per heavy atom. The summed E-state index contributed by atoms with van der Waals surface area (Å²) in [5, 5.41) is 7.33. The summed E-state index contributed by atoms with van der Waals surface area (Å²) in [6.45, 7) is 3.13. The van der Waals surface area contributed by atoms with E-state index in [1.165, 1.54) is 4.90 Å². The number of esters is 2. The smallest absolute Gasteiger partial charge is 0.325 e. The minimum absolute atomic E-state index is 0.0192. The van der Waals surface area contributed by atoms with Crippen LogP contribution in [0.5, 0.6) is 0 Å². The summed E-state index contributed by atoms with van der Waals surface area (Å²) >= 11 is 1.08. The topological polar surface area (TPSA) is 174 Å². The van der Waals surface area contributed by atoms with Crippen molar-refractivity contribution in [2.24, 2.45) is 5.73 Å². The van der Waals surface area contributed by atoms with Crippen molar-refractivity contribution in [2.75, 3.05) is 31.8 Å². The molecule has 0 bridgehead atoms. The van der Waals surface area contributed by atoms with Gasteiger partial charge in [0.2, 0.25) is 23.6 Å². The van der Waals surface area contributed by atoms with Gasteiger partial charge in [-0.3, -0.25) is 28.8 Å². The maximum Gasteiger partial charge on any atom is 0.325 e. The normalized spacial score (nSPS) is 15.5. The third-order valence-corrected chi connectivity index (χ3v) is 13.8. The van der Waals surface area contributed by atoms with Crippen LogP contribution in [0.25, 0.3) is 0 Å². The molecule has 1 aliphatic rings. The lowest BCUT2D eigenvalue weighted by atomic mass is 10.1. The second kappa shape index (κ2) is 19.1. The highest BCUT2D eigenvalue weighted by Gasteiger charge is 2.52. The molecule has 4 amide bonds. The maximum absolute atomic E-state index is 14.1. The number of amides is 4. The van der Waals surface area contributed by atoms with E-state index in [1.54, 1.807) is 13.8 Å². The molecule has 0 radical (unpaired) electrons. The van der Waals surface area contributed by atoms with Crippen LogP contribution in [0.2, 0.25) is 0 Å². The Morgan fingerprint density at radius 2 is 1.39 bits per heavy atom. The van der Waals surface area contributed by atoms with Gasteiger partial charge < -0.3 is 25.8 Å². The molecule has 0 aromatic heterocycles. The Hall–Kier alpha value is -4.58. The van der Waals surface area contributed by atoms with Crippen LogP contribution < -0.4 is 32.3 Å². The number of carbonyl (C=O) groups is 6. The SMILES string of the molecule is CCOC(=O)CNC(=O)[C@H](CSC1CC(=O)N(C[P+](c2ccccc2)(c2ccccc2)c2ccccc2)C1=O)NC(=O)CC[C@H](N)C(=O)OCC. The van der Waals surface area contributed by atoms with E-state index in [0.29, 0.717) is 0 Å². The summed E-state index contributed by atoms with van der Waals surface area (Å²) in [7, 11) is -2.56. The number of thioether (sulfide) groups is 1. The Balaban J connectivity index is 1.54. The number of nitrogens with two attached hydrogens (primary N) is 1. The minimum Gasteiger partial charge on any atom is -0.465 e. The maximum atomic E-state index is 14.1. The van der Waals surface area contributed by atoms with Crippen LogP contribution in [0.1, 0.15) is 33.1 Å². The van der Waals surface area contributed by atoms with Gasteiger partial charge in [-0.25, -0.2) is 4.90 Å². The first-order valence-corrected chi connectivity index (χ1v) is 19.8. The highest BCUT2D eigenvalue weighted by molar-refractivity contribution is 8.00. The third-order valence-electron chi connectivity index (χ3n) is 8.25. The van der Waals surface area contributed by atoms with Crippen LogP contribution in [0.4, 0.5) is 0 Å². The van der Waals surface area contributed by atoms with Crippen molar-refractivity contribution in [1.29, 1.82) is 0 Å². The highest BCUT2D eigenvalue weighted by Crippen LogP contribution is 2.56. The molecule has 3 aromatic carbocycles. The quantitative estimate of drug-likeness (QED) is 0.0991. The third kappa shape index (κ3) is 10.2. The molecular weight excluding hydrogens is 691 g/mol. The summed E-state index contributed by atoms with van der Waals surface area (Å²) in [5.41, 5.74) is 5.83. The van der Waals surface area contributed by atoms with Gasteiger partial charge in [-0.2, -0.15) is 0 Å². The van der Waals surface area contributed by atoms with Crippen LogP contribution in [-0.2, 0) is 38.2 Å². The van der Waals surface area contributed by atoms with Crippen LogP contribution >= 0.6 is 19.0 Å². The van der Waals surface area contributed by atoms with Gasteiger partial charge >= 0.3 is 11.9 Å². The van der Waals surface area contributed by atoms with E-state index in [-0.39, 0.29) is 56.3 Å². The van der Waals surface area contributed by atoms with Gasteiger partial charge in [0.25, 0.3) is 0 Å². The molecule has 1 saturated heterocycles. The molecule has 14 heteroatoms. The predicted octanol–water partition coefficient (Wildman–Crippen LogP) is 1.63. The predicted molar refractivity (Wildman–Crippen MR) is 198 cm³/mol. The molecule has 3 atom stereocenters. The number of nitrogens with zero attached hydrogens (tertiary/aromatic N) is 1. The fourth-order valence-electron chi connectivity index (χ4n) is 5.69. The first kappa shape index (κ1) is 39.2. The number of hydrogen-bond acceptors (Lipinski definition) is 10. The Morgan fingerprint density at radius 1 is 0.863 bits per heavy atom. The molecule has 0 saturated carbocycles. The number of likely N-dealkylation sites (tertiary alicyclic amines) is 1. The Bertz CT molecular complexity index is 1570. The van der Waals surface area contributed by atoms with Crippen LogP contribution in [-0.4, -0.2) is 89.6 Å². The van der Waals surface area contributed by atoms with E-state index < -0.39 is 54.9 Å².